The van der Waals surface area contributed by atoms with Crippen LogP contribution in [0, 0.1) is 0 Å². The lowest BCUT2D eigenvalue weighted by molar-refractivity contribution is -0.104. The molecule has 0 spiro atoms. The topological polar surface area (TPSA) is 26.3 Å². The van der Waals surface area contributed by atoms with Crippen LogP contribution in [0.25, 0.3) is 0 Å². The van der Waals surface area contributed by atoms with Gasteiger partial charge in [-0.2, -0.15) is 0 Å². The highest BCUT2D eigenvalue weighted by Crippen LogP contribution is 2.21. The Hall–Kier alpha value is -0.600. The average Bonchev–Trinajstić information content (AvgIpc) is 2.04. The quantitative estimate of drug-likeness (QED) is 0.593. The average molecular weight is 173 g/mol. The van der Waals surface area contributed by atoms with Crippen molar-refractivity contribution in [1.82, 2.24) is 0 Å². The molecule has 1 aliphatic rings. The van der Waals surface area contributed by atoms with Gasteiger partial charge in [-0.15, -0.1) is 0 Å². The van der Waals surface area contributed by atoms with Crippen molar-refractivity contribution in [2.24, 2.45) is 0 Å². The number of ether oxygens (including phenoxy) is 1. The molecule has 2 nitrogen and oxygen atoms in total. The molecule has 1 rings (SSSR count). The second-order valence-corrected chi connectivity index (χ2v) is 2.71. The Morgan fingerprint density at radius 1 is 1.82 bits per heavy atom. The van der Waals surface area contributed by atoms with Crippen LogP contribution >= 0.6 is 11.6 Å². The van der Waals surface area contributed by atoms with Crippen LogP contribution in [-0.2, 0) is 9.53 Å². The number of halogens is 1. The fourth-order valence-corrected chi connectivity index (χ4v) is 1.20. The van der Waals surface area contributed by atoms with Gasteiger partial charge in [-0.25, -0.2) is 0 Å². The minimum Gasteiger partial charge on any atom is -0.377 e. The van der Waals surface area contributed by atoms with E-state index in [0.29, 0.717) is 10.6 Å². The third-order valence-corrected chi connectivity index (χ3v) is 1.95. The molecule has 0 aromatic heterocycles. The van der Waals surface area contributed by atoms with Crippen LogP contribution in [0.4, 0.5) is 0 Å². The summed E-state index contributed by atoms with van der Waals surface area (Å²) in [6.45, 7) is 0. The van der Waals surface area contributed by atoms with Gasteiger partial charge in [0.1, 0.15) is 0 Å². The normalized spacial score (nSPS) is 24.0. The maximum Gasteiger partial charge on any atom is 0.151 e. The Balaban J connectivity index is 2.73. The summed E-state index contributed by atoms with van der Waals surface area (Å²) in [5.41, 5.74) is 0.556. The number of aldehydes is 1. The number of carbonyl (C=O) groups is 1. The monoisotopic (exact) mass is 172 g/mol. The van der Waals surface area contributed by atoms with Crippen molar-refractivity contribution in [2.75, 3.05) is 7.11 Å². The zero-order chi connectivity index (χ0) is 8.27. The fraction of sp³-hybridized carbons (Fsp3) is 0.375. The Kier molecular flexibility index (Phi) is 2.85. The third kappa shape index (κ3) is 1.91. The lowest BCUT2D eigenvalue weighted by atomic mass is 10.1. The molecule has 0 heterocycles. The molecule has 3 heteroatoms. The first-order valence-electron chi connectivity index (χ1n) is 3.33. The maximum atomic E-state index is 10.3. The largest absolute Gasteiger partial charge is 0.377 e. The number of carbonyl (C=O) groups excluding carboxylic acids is 1. The van der Waals surface area contributed by atoms with Gasteiger partial charge in [0.25, 0.3) is 0 Å². The van der Waals surface area contributed by atoms with Gasteiger partial charge >= 0.3 is 0 Å². The first-order valence-corrected chi connectivity index (χ1v) is 3.71. The molecule has 1 unspecified atom stereocenters. The zero-order valence-corrected chi connectivity index (χ0v) is 6.97. The molecule has 0 saturated heterocycles. The highest BCUT2D eigenvalue weighted by Gasteiger charge is 2.12. The van der Waals surface area contributed by atoms with Crippen LogP contribution in [-0.4, -0.2) is 19.5 Å². The number of methoxy groups -OCH3 is 1. The molecule has 0 aromatic carbocycles. The fourth-order valence-electron chi connectivity index (χ4n) is 0.937. The van der Waals surface area contributed by atoms with Crippen LogP contribution < -0.4 is 0 Å². The smallest absolute Gasteiger partial charge is 0.151 e. The summed E-state index contributed by atoms with van der Waals surface area (Å²) in [5.74, 6) is 0. The van der Waals surface area contributed by atoms with Crippen molar-refractivity contribution in [1.29, 1.82) is 0 Å². The highest BCUT2D eigenvalue weighted by atomic mass is 35.5. The van der Waals surface area contributed by atoms with Crippen molar-refractivity contribution in [3.63, 3.8) is 0 Å². The summed E-state index contributed by atoms with van der Waals surface area (Å²) in [4.78, 5) is 10.3. The molecule has 1 atom stereocenters. The standard InChI is InChI=1S/C8H9ClO2/c1-11-7-3-2-6(5-10)8(9)4-7/h2,4-5,7H,3H2,1H3. The van der Waals surface area contributed by atoms with E-state index < -0.39 is 0 Å². The van der Waals surface area contributed by atoms with Crippen molar-refractivity contribution < 1.29 is 9.53 Å². The number of allylic oxidation sites excluding steroid dienone is 2. The van der Waals surface area contributed by atoms with Crippen molar-refractivity contribution in [2.45, 2.75) is 12.5 Å². The molecule has 0 fully saturated rings. The van der Waals surface area contributed by atoms with Crippen molar-refractivity contribution in [3.8, 4) is 0 Å². The van der Waals surface area contributed by atoms with E-state index in [-0.39, 0.29) is 6.10 Å². The van der Waals surface area contributed by atoms with E-state index in [4.69, 9.17) is 16.3 Å². The molecular formula is C8H9ClO2. The molecule has 0 aliphatic heterocycles. The van der Waals surface area contributed by atoms with Crippen LogP contribution in [0.5, 0.6) is 0 Å². The lowest BCUT2D eigenvalue weighted by Crippen LogP contribution is -2.10. The molecule has 0 radical (unpaired) electrons. The van der Waals surface area contributed by atoms with Crippen molar-refractivity contribution in [3.05, 3.63) is 22.8 Å². The summed E-state index contributed by atoms with van der Waals surface area (Å²) in [7, 11) is 1.62. The first-order chi connectivity index (χ1) is 5.27. The third-order valence-electron chi connectivity index (χ3n) is 1.61. The summed E-state index contributed by atoms with van der Waals surface area (Å²) < 4.78 is 5.03. The number of rotatable bonds is 2. The predicted octanol–water partition coefficient (Wildman–Crippen LogP) is 1.65. The van der Waals surface area contributed by atoms with Crippen LogP contribution in [0.15, 0.2) is 22.8 Å². The molecule has 11 heavy (non-hydrogen) atoms. The van der Waals surface area contributed by atoms with Crippen LogP contribution in [0.2, 0.25) is 0 Å². The second kappa shape index (κ2) is 3.69. The van der Waals surface area contributed by atoms with E-state index in [9.17, 15) is 4.79 Å². The summed E-state index contributed by atoms with van der Waals surface area (Å²) >= 11 is 5.74. The molecule has 0 bridgehead atoms. The Bertz CT molecular complexity index is 218. The van der Waals surface area contributed by atoms with E-state index in [1.54, 1.807) is 19.3 Å². The minimum absolute atomic E-state index is 0.0196. The number of hydrogen-bond donors (Lipinski definition) is 0. The Labute approximate surface area is 70.5 Å². The molecular weight excluding hydrogens is 164 g/mol. The first kappa shape index (κ1) is 8.50. The zero-order valence-electron chi connectivity index (χ0n) is 6.21. The van der Waals surface area contributed by atoms with Gasteiger partial charge in [-0.3, -0.25) is 4.79 Å². The Morgan fingerprint density at radius 3 is 3.00 bits per heavy atom. The van der Waals surface area contributed by atoms with Gasteiger partial charge in [0.15, 0.2) is 6.29 Å². The summed E-state index contributed by atoms with van der Waals surface area (Å²) in [6.07, 6.45) is 5.02. The molecule has 60 valence electrons. The molecule has 0 N–H and O–H groups in total. The molecule has 0 aromatic rings. The Morgan fingerprint density at radius 2 is 2.55 bits per heavy atom. The van der Waals surface area contributed by atoms with Gasteiger partial charge in [0, 0.05) is 17.7 Å². The SMILES string of the molecule is COC1C=C(Cl)C(C=O)=CC1. The van der Waals surface area contributed by atoms with Gasteiger partial charge in [0.2, 0.25) is 0 Å². The van der Waals surface area contributed by atoms with Crippen LogP contribution in [0.3, 0.4) is 0 Å². The van der Waals surface area contributed by atoms with Crippen LogP contribution in [0.1, 0.15) is 6.42 Å². The predicted molar refractivity (Wildman–Crippen MR) is 43.5 cm³/mol. The highest BCUT2D eigenvalue weighted by molar-refractivity contribution is 6.34. The van der Waals surface area contributed by atoms with E-state index in [1.165, 1.54) is 0 Å². The lowest BCUT2D eigenvalue weighted by Gasteiger charge is -2.13. The van der Waals surface area contributed by atoms with Gasteiger partial charge < -0.3 is 4.74 Å². The molecule has 0 saturated carbocycles. The van der Waals surface area contributed by atoms with Gasteiger partial charge in [-0.05, 0) is 12.5 Å². The van der Waals surface area contributed by atoms with Gasteiger partial charge in [-0.1, -0.05) is 17.7 Å². The number of hydrogen-bond acceptors (Lipinski definition) is 2. The summed E-state index contributed by atoms with van der Waals surface area (Å²) in [5, 5.41) is 0.484. The molecule has 0 amide bonds. The molecule has 1 aliphatic carbocycles. The van der Waals surface area contributed by atoms with E-state index in [1.807, 2.05) is 0 Å². The van der Waals surface area contributed by atoms with E-state index in [2.05, 4.69) is 0 Å². The minimum atomic E-state index is 0.0196. The van der Waals surface area contributed by atoms with Gasteiger partial charge in [0.05, 0.1) is 6.10 Å². The second-order valence-electron chi connectivity index (χ2n) is 2.30. The van der Waals surface area contributed by atoms with Crippen molar-refractivity contribution >= 4 is 17.9 Å². The van der Waals surface area contributed by atoms with E-state index >= 15 is 0 Å². The van der Waals surface area contributed by atoms with E-state index in [0.717, 1.165) is 12.7 Å². The maximum absolute atomic E-state index is 10.3. The summed E-state index contributed by atoms with van der Waals surface area (Å²) in [6, 6.07) is 0.